The molecule has 0 aromatic heterocycles. The second-order valence-corrected chi connectivity index (χ2v) is 9.54. The Labute approximate surface area is 155 Å². The summed E-state index contributed by atoms with van der Waals surface area (Å²) >= 11 is 6.46. The molecule has 134 valence electrons. The van der Waals surface area contributed by atoms with Gasteiger partial charge in [-0.05, 0) is 71.3 Å². The number of carbonyl (C=O) groups is 2. The lowest BCUT2D eigenvalue weighted by Crippen LogP contribution is -2.61. The van der Waals surface area contributed by atoms with Crippen LogP contribution in [0.15, 0.2) is 0 Å². The van der Waals surface area contributed by atoms with E-state index in [1.165, 1.54) is 0 Å². The predicted octanol–water partition coefficient (Wildman–Crippen LogP) is 5.07. The molecule has 0 saturated carbocycles. The quantitative estimate of drug-likeness (QED) is 0.473. The van der Waals surface area contributed by atoms with Crippen LogP contribution in [0, 0.1) is 5.41 Å². The molecule has 0 aliphatic heterocycles. The molecule has 23 heavy (non-hydrogen) atoms. The van der Waals surface area contributed by atoms with E-state index >= 15 is 0 Å². The van der Waals surface area contributed by atoms with Crippen molar-refractivity contribution in [2.45, 2.75) is 77.0 Å². The molecule has 0 aromatic carbocycles. The first kappa shape index (κ1) is 22.4. The maximum absolute atomic E-state index is 12.6. The predicted molar refractivity (Wildman–Crippen MR) is 97.8 cm³/mol. The first-order valence-electron chi connectivity index (χ1n) is 7.17. The fraction of sp³-hybridized carbons (Fsp3) is 0.800. The van der Waals surface area contributed by atoms with Crippen LogP contribution in [0.1, 0.15) is 55.4 Å². The largest absolute Gasteiger partial charge is 0.443 e. The van der Waals surface area contributed by atoms with E-state index in [9.17, 15) is 9.59 Å². The van der Waals surface area contributed by atoms with Crippen LogP contribution in [-0.4, -0.2) is 43.3 Å². The molecule has 0 rings (SSSR count). The number of carbonyl (C=O) groups excluding carboxylic acids is 2. The topological polar surface area (TPSA) is 79.7 Å². The van der Waals surface area contributed by atoms with Gasteiger partial charge in [0.1, 0.15) is 21.4 Å². The lowest BCUT2D eigenvalue weighted by Gasteiger charge is -2.41. The maximum Gasteiger partial charge on any atom is 0.420 e. The SMILES string of the molecule is CC(Br)[C@](C)(C(=N)Br)N(C(=O)OC(C)(C)C)C(=O)OC(C)(C)C. The maximum atomic E-state index is 12.6. The first-order chi connectivity index (χ1) is 10.0. The standard InChI is InChI=1S/C15H26Br2N2O4/c1-9(16)15(8,10(17)18)19(11(20)22-13(2,3)4)12(21)23-14(5,6)7/h9,18H,1-8H3/t9?,15-/m1/s1. The van der Waals surface area contributed by atoms with Crippen molar-refractivity contribution in [1.82, 2.24) is 4.90 Å². The van der Waals surface area contributed by atoms with Gasteiger partial charge in [0.2, 0.25) is 0 Å². The highest BCUT2D eigenvalue weighted by Gasteiger charge is 2.49. The Bertz CT molecular complexity index is 453. The molecule has 0 fully saturated rings. The zero-order valence-electron chi connectivity index (χ0n) is 14.9. The van der Waals surface area contributed by atoms with Gasteiger partial charge < -0.3 is 9.47 Å². The van der Waals surface area contributed by atoms with Gasteiger partial charge in [-0.3, -0.25) is 5.41 Å². The van der Waals surface area contributed by atoms with E-state index in [-0.39, 0.29) is 4.62 Å². The second-order valence-electron chi connectivity index (χ2n) is 7.37. The third-order valence-corrected chi connectivity index (χ3v) is 4.53. The Morgan fingerprint density at radius 2 is 1.26 bits per heavy atom. The summed E-state index contributed by atoms with van der Waals surface area (Å²) in [4.78, 5) is 25.6. The van der Waals surface area contributed by atoms with Crippen molar-refractivity contribution in [3.63, 3.8) is 0 Å². The first-order valence-corrected chi connectivity index (χ1v) is 8.88. The molecule has 0 heterocycles. The number of halogens is 2. The third kappa shape index (κ3) is 6.41. The van der Waals surface area contributed by atoms with Crippen molar-refractivity contribution < 1.29 is 19.1 Å². The van der Waals surface area contributed by atoms with E-state index in [1.54, 1.807) is 55.4 Å². The number of alkyl halides is 1. The second kappa shape index (κ2) is 7.51. The zero-order chi connectivity index (χ0) is 18.8. The van der Waals surface area contributed by atoms with Gasteiger partial charge in [-0.25, -0.2) is 9.59 Å². The van der Waals surface area contributed by atoms with Gasteiger partial charge >= 0.3 is 12.2 Å². The van der Waals surface area contributed by atoms with Crippen LogP contribution in [0.2, 0.25) is 0 Å². The lowest BCUT2D eigenvalue weighted by molar-refractivity contribution is -0.0114. The number of rotatable bonds is 3. The molecule has 0 aliphatic rings. The summed E-state index contributed by atoms with van der Waals surface area (Å²) in [5.74, 6) is 0. The average Bonchev–Trinajstić information content (AvgIpc) is 2.22. The molecule has 6 nitrogen and oxygen atoms in total. The van der Waals surface area contributed by atoms with Crippen molar-refractivity contribution in [3.05, 3.63) is 0 Å². The summed E-state index contributed by atoms with van der Waals surface area (Å²) in [6.45, 7) is 13.5. The third-order valence-electron chi connectivity index (χ3n) is 2.84. The highest BCUT2D eigenvalue weighted by atomic mass is 79.9. The fourth-order valence-electron chi connectivity index (χ4n) is 1.52. The Morgan fingerprint density at radius 1 is 0.957 bits per heavy atom. The number of hydrogen-bond donors (Lipinski definition) is 1. The summed E-state index contributed by atoms with van der Waals surface area (Å²) < 4.78 is 10.6. The van der Waals surface area contributed by atoms with Crippen molar-refractivity contribution in [2.24, 2.45) is 0 Å². The van der Waals surface area contributed by atoms with Crippen molar-refractivity contribution in [3.8, 4) is 0 Å². The van der Waals surface area contributed by atoms with E-state index < -0.39 is 33.8 Å². The van der Waals surface area contributed by atoms with Gasteiger partial charge in [0.25, 0.3) is 0 Å². The number of amides is 2. The Balaban J connectivity index is 5.94. The van der Waals surface area contributed by atoms with Crippen LogP contribution >= 0.6 is 31.9 Å². The molecule has 1 N–H and O–H groups in total. The van der Waals surface area contributed by atoms with Crippen LogP contribution in [0.5, 0.6) is 0 Å². The molecular weight excluding hydrogens is 432 g/mol. The number of imide groups is 1. The van der Waals surface area contributed by atoms with E-state index in [1.807, 2.05) is 0 Å². The highest BCUT2D eigenvalue weighted by molar-refractivity contribution is 9.18. The van der Waals surface area contributed by atoms with Crippen LogP contribution in [0.4, 0.5) is 9.59 Å². The molecule has 0 saturated heterocycles. The summed E-state index contributed by atoms with van der Waals surface area (Å²) in [5.41, 5.74) is -2.88. The van der Waals surface area contributed by atoms with Crippen LogP contribution < -0.4 is 0 Å². The molecule has 8 heteroatoms. The molecule has 2 atom stereocenters. The Kier molecular flexibility index (Phi) is 7.30. The molecule has 2 amide bonds. The summed E-state index contributed by atoms with van der Waals surface area (Å²) in [7, 11) is 0. The van der Waals surface area contributed by atoms with Crippen LogP contribution in [0.3, 0.4) is 0 Å². The van der Waals surface area contributed by atoms with Crippen molar-refractivity contribution in [2.75, 3.05) is 0 Å². The number of ether oxygens (including phenoxy) is 2. The van der Waals surface area contributed by atoms with E-state index in [0.717, 1.165) is 4.90 Å². The van der Waals surface area contributed by atoms with E-state index in [4.69, 9.17) is 14.9 Å². The molecule has 0 spiro atoms. The molecular formula is C15H26Br2N2O4. The number of hydrogen-bond acceptors (Lipinski definition) is 5. The Morgan fingerprint density at radius 3 is 1.43 bits per heavy atom. The molecule has 0 bridgehead atoms. The van der Waals surface area contributed by atoms with Gasteiger partial charge in [-0.1, -0.05) is 15.9 Å². The molecule has 0 radical (unpaired) electrons. The summed E-state index contributed by atoms with van der Waals surface area (Å²) in [6, 6.07) is 0. The molecule has 0 aliphatic carbocycles. The minimum atomic E-state index is -1.30. The lowest BCUT2D eigenvalue weighted by atomic mass is 9.98. The zero-order valence-corrected chi connectivity index (χ0v) is 18.1. The van der Waals surface area contributed by atoms with Gasteiger partial charge in [0, 0.05) is 4.83 Å². The molecule has 1 unspecified atom stereocenters. The summed E-state index contributed by atoms with van der Waals surface area (Å²) in [6.07, 6.45) is -1.74. The van der Waals surface area contributed by atoms with Crippen molar-refractivity contribution >= 4 is 48.7 Å². The normalized spacial score (nSPS) is 16.1. The minimum Gasteiger partial charge on any atom is -0.443 e. The van der Waals surface area contributed by atoms with Crippen LogP contribution in [0.25, 0.3) is 0 Å². The highest BCUT2D eigenvalue weighted by Crippen LogP contribution is 2.32. The van der Waals surface area contributed by atoms with Gasteiger partial charge in [0.15, 0.2) is 0 Å². The van der Waals surface area contributed by atoms with E-state index in [0.29, 0.717) is 0 Å². The number of nitrogens with zero attached hydrogens (tertiary/aromatic N) is 1. The number of nitrogens with one attached hydrogen (secondary N) is 1. The van der Waals surface area contributed by atoms with Crippen LogP contribution in [-0.2, 0) is 9.47 Å². The van der Waals surface area contributed by atoms with Crippen molar-refractivity contribution in [1.29, 1.82) is 5.41 Å². The molecule has 0 aromatic rings. The monoisotopic (exact) mass is 456 g/mol. The summed E-state index contributed by atoms with van der Waals surface area (Å²) in [5, 5.41) is 7.99. The fourth-order valence-corrected chi connectivity index (χ4v) is 2.78. The van der Waals surface area contributed by atoms with Gasteiger partial charge in [-0.2, -0.15) is 4.90 Å². The smallest absolute Gasteiger partial charge is 0.420 e. The Hall–Kier alpha value is -0.630. The van der Waals surface area contributed by atoms with Gasteiger partial charge in [0.05, 0.1) is 0 Å². The van der Waals surface area contributed by atoms with Gasteiger partial charge in [-0.15, -0.1) is 0 Å². The minimum absolute atomic E-state index is 0.0499. The van der Waals surface area contributed by atoms with E-state index in [2.05, 4.69) is 31.9 Å². The average molecular weight is 458 g/mol.